The lowest BCUT2D eigenvalue weighted by Crippen LogP contribution is -2.23. The Bertz CT molecular complexity index is 1040. The Morgan fingerprint density at radius 3 is 2.63 bits per heavy atom. The number of carbonyl (C=O) groups is 1. The van der Waals surface area contributed by atoms with E-state index < -0.39 is 5.97 Å². The van der Waals surface area contributed by atoms with E-state index in [0.717, 1.165) is 0 Å². The van der Waals surface area contributed by atoms with Gasteiger partial charge in [-0.15, -0.1) is 0 Å². The fourth-order valence-corrected chi connectivity index (χ4v) is 2.74. The van der Waals surface area contributed by atoms with Crippen LogP contribution in [-0.4, -0.2) is 33.1 Å². The van der Waals surface area contributed by atoms with Gasteiger partial charge in [0.15, 0.2) is 0 Å². The van der Waals surface area contributed by atoms with Crippen LogP contribution in [0.2, 0.25) is 0 Å². The first kappa shape index (κ1) is 18.3. The Kier molecular flexibility index (Phi) is 5.33. The Balaban J connectivity index is 2.02. The fourth-order valence-electron chi connectivity index (χ4n) is 2.74. The van der Waals surface area contributed by atoms with E-state index in [1.807, 2.05) is 0 Å². The average molecular weight is 366 g/mol. The minimum atomic E-state index is -1.03. The quantitative estimate of drug-likeness (QED) is 0.693. The summed E-state index contributed by atoms with van der Waals surface area (Å²) < 4.78 is 6.62. The van der Waals surface area contributed by atoms with Crippen LogP contribution in [0.4, 0.5) is 0 Å². The summed E-state index contributed by atoms with van der Waals surface area (Å²) in [5.74, 6) is -0.464. The molecule has 27 heavy (non-hydrogen) atoms. The standard InChI is InChI=1S/C20H18N2O5/c1-27-18-7-5-14(12-23)10-16(18)17-6-8-19(24)22(21-17)11-13-3-2-4-15(9-13)20(25)26/h2-10,23H,11-12H2,1H3,(H,25,26). The molecule has 0 amide bonds. The normalized spacial score (nSPS) is 10.6. The molecule has 1 heterocycles. The lowest BCUT2D eigenvalue weighted by atomic mass is 10.1. The van der Waals surface area contributed by atoms with Crippen LogP contribution in [0.3, 0.4) is 0 Å². The highest BCUT2D eigenvalue weighted by Gasteiger charge is 2.11. The van der Waals surface area contributed by atoms with E-state index in [1.165, 1.54) is 30.0 Å². The number of methoxy groups -OCH3 is 1. The van der Waals surface area contributed by atoms with Gasteiger partial charge in [0.1, 0.15) is 5.75 Å². The number of hydrogen-bond acceptors (Lipinski definition) is 5. The SMILES string of the molecule is COc1ccc(CO)cc1-c1ccc(=O)n(Cc2cccc(C(=O)O)c2)n1. The van der Waals surface area contributed by atoms with Crippen molar-refractivity contribution in [2.45, 2.75) is 13.2 Å². The second kappa shape index (κ2) is 7.84. The molecule has 2 N–H and O–H groups in total. The van der Waals surface area contributed by atoms with E-state index in [2.05, 4.69) is 5.10 Å². The molecule has 0 spiro atoms. The van der Waals surface area contributed by atoms with Crippen molar-refractivity contribution in [3.63, 3.8) is 0 Å². The number of hydrogen-bond donors (Lipinski definition) is 2. The highest BCUT2D eigenvalue weighted by molar-refractivity contribution is 5.87. The smallest absolute Gasteiger partial charge is 0.335 e. The molecular weight excluding hydrogens is 348 g/mol. The monoisotopic (exact) mass is 366 g/mol. The molecule has 0 saturated carbocycles. The molecule has 3 aromatic rings. The molecule has 0 atom stereocenters. The van der Waals surface area contributed by atoms with Crippen LogP contribution in [0.15, 0.2) is 59.4 Å². The summed E-state index contributed by atoms with van der Waals surface area (Å²) in [6, 6.07) is 14.6. The molecule has 0 aliphatic rings. The number of ether oxygens (including phenoxy) is 1. The third-order valence-corrected chi connectivity index (χ3v) is 4.10. The summed E-state index contributed by atoms with van der Waals surface area (Å²) in [5, 5.41) is 22.9. The largest absolute Gasteiger partial charge is 0.496 e. The highest BCUT2D eigenvalue weighted by atomic mass is 16.5. The number of aromatic nitrogens is 2. The number of rotatable bonds is 6. The van der Waals surface area contributed by atoms with Gasteiger partial charge in [-0.05, 0) is 41.5 Å². The van der Waals surface area contributed by atoms with Crippen LogP contribution in [0.1, 0.15) is 21.5 Å². The molecule has 138 valence electrons. The summed E-state index contributed by atoms with van der Waals surface area (Å²) in [6.45, 7) is 0.00835. The van der Waals surface area contributed by atoms with Gasteiger partial charge in [-0.1, -0.05) is 18.2 Å². The van der Waals surface area contributed by atoms with Crippen molar-refractivity contribution < 1.29 is 19.7 Å². The van der Waals surface area contributed by atoms with E-state index in [-0.39, 0.29) is 24.3 Å². The maximum atomic E-state index is 12.2. The highest BCUT2D eigenvalue weighted by Crippen LogP contribution is 2.29. The number of benzene rings is 2. The van der Waals surface area contributed by atoms with Gasteiger partial charge < -0.3 is 14.9 Å². The molecule has 0 fully saturated rings. The Labute approximate surface area is 155 Å². The summed E-state index contributed by atoms with van der Waals surface area (Å²) in [5.41, 5.74) is 2.34. The van der Waals surface area contributed by atoms with E-state index in [1.54, 1.807) is 36.4 Å². The van der Waals surface area contributed by atoms with Crippen LogP contribution in [-0.2, 0) is 13.2 Å². The minimum absolute atomic E-state index is 0.126. The van der Waals surface area contributed by atoms with Gasteiger partial charge in [-0.2, -0.15) is 5.10 Å². The molecule has 0 aliphatic heterocycles. The number of aliphatic hydroxyl groups is 1. The second-order valence-electron chi connectivity index (χ2n) is 5.91. The lowest BCUT2D eigenvalue weighted by molar-refractivity contribution is 0.0696. The van der Waals surface area contributed by atoms with Gasteiger partial charge in [0.25, 0.3) is 5.56 Å². The van der Waals surface area contributed by atoms with Crippen molar-refractivity contribution in [2.75, 3.05) is 7.11 Å². The van der Waals surface area contributed by atoms with Gasteiger partial charge in [0.2, 0.25) is 0 Å². The Morgan fingerprint density at radius 2 is 1.93 bits per heavy atom. The zero-order chi connectivity index (χ0) is 19.4. The fraction of sp³-hybridized carbons (Fsp3) is 0.150. The Hall–Kier alpha value is -3.45. The molecule has 0 aliphatic carbocycles. The second-order valence-corrected chi connectivity index (χ2v) is 5.91. The predicted octanol–water partition coefficient (Wildman–Crippen LogP) is 2.16. The molecule has 1 aromatic heterocycles. The predicted molar refractivity (Wildman–Crippen MR) is 98.9 cm³/mol. The first-order chi connectivity index (χ1) is 13.0. The molecule has 0 unspecified atom stereocenters. The van der Waals surface area contributed by atoms with Crippen molar-refractivity contribution in [1.29, 1.82) is 0 Å². The third kappa shape index (κ3) is 4.04. The molecular formula is C20H18N2O5. The minimum Gasteiger partial charge on any atom is -0.496 e. The van der Waals surface area contributed by atoms with E-state index in [0.29, 0.717) is 28.1 Å². The molecule has 2 aromatic carbocycles. The molecule has 0 bridgehead atoms. The van der Waals surface area contributed by atoms with Crippen molar-refractivity contribution in [3.05, 3.63) is 81.6 Å². The van der Waals surface area contributed by atoms with Gasteiger partial charge in [0.05, 0.1) is 31.5 Å². The summed E-state index contributed by atoms with van der Waals surface area (Å²) in [6.07, 6.45) is 0. The van der Waals surface area contributed by atoms with E-state index in [4.69, 9.17) is 9.84 Å². The van der Waals surface area contributed by atoms with Crippen molar-refractivity contribution in [2.24, 2.45) is 0 Å². The third-order valence-electron chi connectivity index (χ3n) is 4.10. The van der Waals surface area contributed by atoms with E-state index >= 15 is 0 Å². The maximum Gasteiger partial charge on any atom is 0.335 e. The van der Waals surface area contributed by atoms with Crippen LogP contribution < -0.4 is 10.3 Å². The lowest BCUT2D eigenvalue weighted by Gasteiger charge is -2.12. The molecule has 7 nitrogen and oxygen atoms in total. The van der Waals surface area contributed by atoms with Gasteiger partial charge in [0, 0.05) is 11.6 Å². The van der Waals surface area contributed by atoms with Crippen molar-refractivity contribution in [1.82, 2.24) is 9.78 Å². The number of aromatic carboxylic acids is 1. The van der Waals surface area contributed by atoms with Crippen LogP contribution >= 0.6 is 0 Å². The summed E-state index contributed by atoms with van der Waals surface area (Å²) in [4.78, 5) is 23.3. The van der Waals surface area contributed by atoms with E-state index in [9.17, 15) is 14.7 Å². The van der Waals surface area contributed by atoms with Crippen LogP contribution in [0, 0.1) is 0 Å². The first-order valence-corrected chi connectivity index (χ1v) is 8.20. The molecule has 7 heteroatoms. The Morgan fingerprint density at radius 1 is 1.11 bits per heavy atom. The molecule has 0 saturated heterocycles. The maximum absolute atomic E-state index is 12.2. The van der Waals surface area contributed by atoms with Crippen LogP contribution in [0.25, 0.3) is 11.3 Å². The van der Waals surface area contributed by atoms with Gasteiger partial charge in [-0.25, -0.2) is 9.48 Å². The first-order valence-electron chi connectivity index (χ1n) is 8.20. The number of carboxylic acids is 1. The van der Waals surface area contributed by atoms with Gasteiger partial charge >= 0.3 is 5.97 Å². The average Bonchev–Trinajstić information content (AvgIpc) is 2.69. The molecule has 0 radical (unpaired) electrons. The van der Waals surface area contributed by atoms with Gasteiger partial charge in [-0.3, -0.25) is 4.79 Å². The number of carboxylic acid groups (broad SMARTS) is 1. The zero-order valence-electron chi connectivity index (χ0n) is 14.6. The molecule has 3 rings (SSSR count). The van der Waals surface area contributed by atoms with Crippen molar-refractivity contribution >= 4 is 5.97 Å². The summed E-state index contributed by atoms with van der Waals surface area (Å²) >= 11 is 0. The zero-order valence-corrected chi connectivity index (χ0v) is 14.6. The summed E-state index contributed by atoms with van der Waals surface area (Å²) in [7, 11) is 1.53. The van der Waals surface area contributed by atoms with Crippen molar-refractivity contribution in [3.8, 4) is 17.0 Å². The topological polar surface area (TPSA) is 102 Å². The van der Waals surface area contributed by atoms with Crippen LogP contribution in [0.5, 0.6) is 5.75 Å². The number of aliphatic hydroxyl groups excluding tert-OH is 1. The number of nitrogens with zero attached hydrogens (tertiary/aromatic N) is 2.